The highest BCUT2D eigenvalue weighted by Crippen LogP contribution is 2.40. The van der Waals surface area contributed by atoms with Gasteiger partial charge in [0, 0.05) is 44.7 Å². The fourth-order valence-corrected chi connectivity index (χ4v) is 5.39. The summed E-state index contributed by atoms with van der Waals surface area (Å²) in [5.41, 5.74) is 13.0. The van der Waals surface area contributed by atoms with Crippen LogP contribution in [0, 0.1) is 0 Å². The first-order valence-electron chi connectivity index (χ1n) is 12.7. The van der Waals surface area contributed by atoms with Crippen LogP contribution in [0.15, 0.2) is 42.5 Å². The summed E-state index contributed by atoms with van der Waals surface area (Å²) in [6.07, 6.45) is 1.65. The van der Waals surface area contributed by atoms with Gasteiger partial charge in [-0.1, -0.05) is 12.1 Å². The summed E-state index contributed by atoms with van der Waals surface area (Å²) in [4.78, 5) is 43.3. The zero-order valence-corrected chi connectivity index (χ0v) is 22.9. The van der Waals surface area contributed by atoms with Crippen LogP contribution in [0.3, 0.4) is 0 Å². The highest BCUT2D eigenvalue weighted by atomic mass is 32.1. The number of carbonyl (C=O) groups excluding carboxylic acids is 3. The fraction of sp³-hybridized carbons (Fsp3) is 0.333. The predicted molar refractivity (Wildman–Crippen MR) is 150 cm³/mol. The minimum absolute atomic E-state index is 0.0201. The topological polar surface area (TPSA) is 162 Å². The smallest absolute Gasteiger partial charge is 0.273 e. The molecule has 0 spiro atoms. The van der Waals surface area contributed by atoms with Crippen LogP contribution in [-0.4, -0.2) is 62.2 Å². The molecule has 0 radical (unpaired) electrons. The highest BCUT2D eigenvalue weighted by molar-refractivity contribution is 7.09. The quantitative estimate of drug-likeness (QED) is 0.353. The molecule has 13 heteroatoms. The molecule has 2 atom stereocenters. The molecule has 2 aromatic carbocycles. The fourth-order valence-electron chi connectivity index (χ4n) is 4.65. The molecule has 1 saturated heterocycles. The number of rotatable bonds is 9. The van der Waals surface area contributed by atoms with Gasteiger partial charge in [-0.25, -0.2) is 0 Å². The average Bonchev–Trinajstić information content (AvgIpc) is 3.71. The second kappa shape index (κ2) is 11.4. The normalized spacial score (nSPS) is 16.4. The number of fused-ring (bicyclic) bond motifs is 1. The van der Waals surface area contributed by atoms with Crippen molar-refractivity contribution in [3.05, 3.63) is 58.6 Å². The maximum Gasteiger partial charge on any atom is 0.273 e. The summed E-state index contributed by atoms with van der Waals surface area (Å²) in [6.45, 7) is 0.973. The minimum Gasteiger partial charge on any atom is -0.454 e. The second-order valence-electron chi connectivity index (χ2n) is 9.62. The van der Waals surface area contributed by atoms with Gasteiger partial charge in [-0.05, 0) is 54.2 Å². The van der Waals surface area contributed by atoms with Gasteiger partial charge in [0.1, 0.15) is 10.9 Å². The molecule has 5 N–H and O–H groups in total. The molecular weight excluding hydrogens is 536 g/mol. The van der Waals surface area contributed by atoms with Crippen LogP contribution in [0.2, 0.25) is 0 Å². The van der Waals surface area contributed by atoms with Crippen molar-refractivity contribution < 1.29 is 28.6 Å². The predicted octanol–water partition coefficient (Wildman–Crippen LogP) is 2.30. The van der Waals surface area contributed by atoms with Gasteiger partial charge in [-0.3, -0.25) is 19.3 Å². The lowest BCUT2D eigenvalue weighted by Gasteiger charge is -2.32. The molecule has 0 bridgehead atoms. The van der Waals surface area contributed by atoms with Crippen LogP contribution in [0.5, 0.6) is 11.5 Å². The van der Waals surface area contributed by atoms with Gasteiger partial charge in [0.2, 0.25) is 12.7 Å². The molecular formula is C27H30N6O6S. The Morgan fingerprint density at radius 1 is 1.10 bits per heavy atom. The lowest BCUT2D eigenvalue weighted by Crippen LogP contribution is -2.45. The second-order valence-corrected chi connectivity index (χ2v) is 10.4. The SMILES string of the molecule is CN(C)c1ccc([C@H](C(=O)NC[C@@H]2CCCO2)N(C(=O)c2snc(C(N)=O)c2N)c2ccc3c(c2)OCO3)cc1. The molecule has 3 heterocycles. The lowest BCUT2D eigenvalue weighted by atomic mass is 10.0. The number of benzene rings is 2. The molecule has 1 aromatic heterocycles. The van der Waals surface area contributed by atoms with E-state index in [0.717, 1.165) is 30.1 Å². The first kappa shape index (κ1) is 27.2. The Hall–Kier alpha value is -4.36. The van der Waals surface area contributed by atoms with Crippen molar-refractivity contribution in [3.8, 4) is 11.5 Å². The van der Waals surface area contributed by atoms with Crippen LogP contribution in [-0.2, 0) is 9.53 Å². The number of nitrogens with two attached hydrogens (primary N) is 2. The Morgan fingerprint density at radius 2 is 1.82 bits per heavy atom. The lowest BCUT2D eigenvalue weighted by molar-refractivity contribution is -0.123. The van der Waals surface area contributed by atoms with Gasteiger partial charge in [0.15, 0.2) is 17.2 Å². The van der Waals surface area contributed by atoms with Crippen LogP contribution < -0.4 is 36.1 Å². The molecule has 12 nitrogen and oxygen atoms in total. The Balaban J connectivity index is 1.61. The number of hydrogen-bond acceptors (Lipinski definition) is 10. The third-order valence-electron chi connectivity index (χ3n) is 6.77. The summed E-state index contributed by atoms with van der Waals surface area (Å²) in [6, 6.07) is 11.2. The monoisotopic (exact) mass is 566 g/mol. The van der Waals surface area contributed by atoms with E-state index >= 15 is 0 Å². The zero-order valence-electron chi connectivity index (χ0n) is 22.1. The van der Waals surface area contributed by atoms with E-state index in [4.69, 9.17) is 25.7 Å². The van der Waals surface area contributed by atoms with Crippen LogP contribution >= 0.6 is 11.5 Å². The van der Waals surface area contributed by atoms with Gasteiger partial charge in [-0.15, -0.1) is 0 Å². The van der Waals surface area contributed by atoms with E-state index in [9.17, 15) is 14.4 Å². The van der Waals surface area contributed by atoms with E-state index in [1.807, 2.05) is 31.1 Å². The van der Waals surface area contributed by atoms with Gasteiger partial charge in [0.05, 0.1) is 11.8 Å². The standard InChI is InChI=1S/C27H30N6O6S/c1-32(2)16-7-5-15(6-8-16)23(26(35)30-13-18-4-3-11-37-18)33(17-9-10-19-20(12-17)39-14-38-19)27(36)24-21(28)22(25(29)34)31-40-24/h5-10,12,18,23H,3-4,11,13-14,28H2,1-2H3,(H2,29,34)(H,30,35)/t18-,23+/m0/s1. The van der Waals surface area contributed by atoms with Crippen LogP contribution in [0.25, 0.3) is 0 Å². The maximum absolute atomic E-state index is 14.2. The van der Waals surface area contributed by atoms with Crippen molar-refractivity contribution in [2.24, 2.45) is 5.73 Å². The summed E-state index contributed by atoms with van der Waals surface area (Å²) < 4.78 is 20.7. The van der Waals surface area contributed by atoms with Crippen molar-refractivity contribution in [3.63, 3.8) is 0 Å². The average molecular weight is 567 g/mol. The van der Waals surface area contributed by atoms with Crippen molar-refractivity contribution in [1.29, 1.82) is 0 Å². The number of aromatic nitrogens is 1. The molecule has 2 aliphatic heterocycles. The van der Waals surface area contributed by atoms with E-state index in [-0.39, 0.29) is 29.2 Å². The van der Waals surface area contributed by atoms with Crippen LogP contribution in [0.1, 0.15) is 44.6 Å². The largest absolute Gasteiger partial charge is 0.454 e. The first-order valence-corrected chi connectivity index (χ1v) is 13.5. The number of amides is 3. The van der Waals surface area contributed by atoms with E-state index < -0.39 is 23.8 Å². The van der Waals surface area contributed by atoms with E-state index in [0.29, 0.717) is 35.9 Å². The van der Waals surface area contributed by atoms with Gasteiger partial charge in [-0.2, -0.15) is 4.37 Å². The minimum atomic E-state index is -1.12. The van der Waals surface area contributed by atoms with Crippen molar-refractivity contribution >= 4 is 46.3 Å². The number of nitrogens with zero attached hydrogens (tertiary/aromatic N) is 3. The molecule has 3 aromatic rings. The number of nitrogens with one attached hydrogen (secondary N) is 1. The maximum atomic E-state index is 14.2. The first-order chi connectivity index (χ1) is 19.2. The molecule has 1 fully saturated rings. The van der Waals surface area contributed by atoms with E-state index in [2.05, 4.69) is 9.69 Å². The number of primary amides is 1. The van der Waals surface area contributed by atoms with Gasteiger partial charge >= 0.3 is 0 Å². The number of anilines is 3. The number of hydrogen-bond donors (Lipinski definition) is 3. The Bertz CT molecular complexity index is 1420. The number of carbonyl (C=O) groups is 3. The van der Waals surface area contributed by atoms with Crippen LogP contribution in [0.4, 0.5) is 17.1 Å². The van der Waals surface area contributed by atoms with Gasteiger partial charge < -0.3 is 35.9 Å². The molecule has 0 aliphatic carbocycles. The highest BCUT2D eigenvalue weighted by Gasteiger charge is 2.37. The molecule has 40 heavy (non-hydrogen) atoms. The summed E-state index contributed by atoms with van der Waals surface area (Å²) in [5, 5.41) is 2.97. The zero-order chi connectivity index (χ0) is 28.4. The molecule has 3 amide bonds. The molecule has 2 aliphatic rings. The Labute approximate surface area is 234 Å². The number of ether oxygens (including phenoxy) is 3. The molecule has 0 saturated carbocycles. The van der Waals surface area contributed by atoms with E-state index in [1.165, 1.54) is 4.90 Å². The number of nitrogen functional groups attached to an aromatic ring is 1. The van der Waals surface area contributed by atoms with Crippen molar-refractivity contribution in [2.75, 3.05) is 49.6 Å². The van der Waals surface area contributed by atoms with Gasteiger partial charge in [0.25, 0.3) is 11.8 Å². The molecule has 0 unspecified atom stereocenters. The Morgan fingerprint density at radius 3 is 2.48 bits per heavy atom. The summed E-state index contributed by atoms with van der Waals surface area (Å²) >= 11 is 0.744. The van der Waals surface area contributed by atoms with Crippen molar-refractivity contribution in [1.82, 2.24) is 9.69 Å². The van der Waals surface area contributed by atoms with Crippen molar-refractivity contribution in [2.45, 2.75) is 25.0 Å². The Kier molecular flexibility index (Phi) is 7.76. The molecule has 210 valence electrons. The third kappa shape index (κ3) is 5.38. The summed E-state index contributed by atoms with van der Waals surface area (Å²) in [5.74, 6) is -0.966. The molecule has 5 rings (SSSR count). The van der Waals surface area contributed by atoms with E-state index in [1.54, 1.807) is 30.3 Å². The summed E-state index contributed by atoms with van der Waals surface area (Å²) in [7, 11) is 3.82. The third-order valence-corrected chi connectivity index (χ3v) is 7.62.